The van der Waals surface area contributed by atoms with Gasteiger partial charge in [-0.1, -0.05) is 0 Å². The van der Waals surface area contributed by atoms with Crippen molar-refractivity contribution in [3.8, 4) is 0 Å². The highest BCUT2D eigenvalue weighted by Gasteiger charge is 2.34. The minimum Gasteiger partial charge on any atom is -0.459 e. The third-order valence-electron chi connectivity index (χ3n) is 5.30. The van der Waals surface area contributed by atoms with E-state index in [0.29, 0.717) is 26.1 Å². The number of carbonyl (C=O) groups excluding carboxylic acids is 1. The topological polar surface area (TPSA) is 86.6 Å². The van der Waals surface area contributed by atoms with E-state index in [-0.39, 0.29) is 34.7 Å². The predicted octanol–water partition coefficient (Wildman–Crippen LogP) is 2.04. The molecule has 0 spiro atoms. The second-order valence-corrected chi connectivity index (χ2v) is 10.1. The predicted molar refractivity (Wildman–Crippen MR) is 101 cm³/mol. The maximum absolute atomic E-state index is 13.8. The van der Waals surface area contributed by atoms with Gasteiger partial charge in [-0.2, -0.15) is 0 Å². The fourth-order valence-corrected chi connectivity index (χ4v) is 5.01. The average molecular weight is 410 g/mol. The van der Waals surface area contributed by atoms with E-state index in [1.54, 1.807) is 13.8 Å². The number of nitrogens with zero attached hydrogens (tertiary/aromatic N) is 1. The van der Waals surface area contributed by atoms with Gasteiger partial charge < -0.3 is 14.8 Å². The number of ether oxygens (including phenoxy) is 2. The van der Waals surface area contributed by atoms with Gasteiger partial charge >= 0.3 is 5.97 Å². The normalized spacial score (nSPS) is 25.2. The summed E-state index contributed by atoms with van der Waals surface area (Å²) >= 11 is 0. The first-order valence-electron chi connectivity index (χ1n) is 9.35. The highest BCUT2D eigenvalue weighted by molar-refractivity contribution is 7.90. The van der Waals surface area contributed by atoms with E-state index >= 15 is 0 Å². The molecule has 0 saturated carbocycles. The molecular weight excluding hydrogens is 387 g/mol. The number of morpholine rings is 1. The van der Waals surface area contributed by atoms with Crippen molar-refractivity contribution in [1.82, 2.24) is 9.29 Å². The number of piperidine rings is 1. The van der Waals surface area contributed by atoms with E-state index in [9.17, 15) is 17.6 Å². The van der Waals surface area contributed by atoms with Crippen LogP contribution in [0.5, 0.6) is 0 Å². The molecule has 28 heavy (non-hydrogen) atoms. The first-order chi connectivity index (χ1) is 13.3. The molecule has 1 aromatic heterocycles. The molecule has 0 radical (unpaired) electrons. The largest absolute Gasteiger partial charge is 0.459 e. The first-order valence-corrected chi connectivity index (χ1v) is 10.9. The van der Waals surface area contributed by atoms with Crippen molar-refractivity contribution in [2.45, 2.75) is 50.1 Å². The summed E-state index contributed by atoms with van der Waals surface area (Å²) in [5, 5.41) is 2.95. The van der Waals surface area contributed by atoms with Crippen LogP contribution in [0, 0.1) is 5.82 Å². The van der Waals surface area contributed by atoms with Crippen molar-refractivity contribution in [3.05, 3.63) is 35.8 Å². The molecule has 3 heterocycles. The maximum atomic E-state index is 13.8. The lowest BCUT2D eigenvalue weighted by Gasteiger charge is -2.39. The first kappa shape index (κ1) is 19.4. The minimum atomic E-state index is -3.71. The molecule has 2 aliphatic heterocycles. The molecule has 1 N–H and O–H groups in total. The smallest absolute Gasteiger partial charge is 0.340 e. The number of carbonyl (C=O) groups is 1. The molecule has 2 bridgehead atoms. The van der Waals surface area contributed by atoms with Gasteiger partial charge in [0.05, 0.1) is 29.5 Å². The Hall–Kier alpha value is -1.97. The quantitative estimate of drug-likeness (QED) is 0.777. The van der Waals surface area contributed by atoms with Crippen LogP contribution in [0.1, 0.15) is 37.0 Å². The standard InChI is InChI=1S/C19H23FN2O5S/c1-11(2)28(24,25)22-8-17(16-5-12(20)3-4-18(16)22)19(23)27-15-6-13-9-26-10-14(7-15)21-13/h3-5,8,11,13-15,21H,6-7,9-10H2,1-2H3. The van der Waals surface area contributed by atoms with Gasteiger partial charge in [0.15, 0.2) is 0 Å². The average Bonchev–Trinajstić information content (AvgIpc) is 3.00. The molecule has 2 aromatic rings. The summed E-state index contributed by atoms with van der Waals surface area (Å²) in [5.41, 5.74) is 0.316. The van der Waals surface area contributed by atoms with Crippen molar-refractivity contribution in [3.63, 3.8) is 0 Å². The van der Waals surface area contributed by atoms with Crippen LogP contribution in [0.4, 0.5) is 4.39 Å². The Kier molecular flexibility index (Phi) is 4.93. The molecule has 4 rings (SSSR count). The highest BCUT2D eigenvalue weighted by Crippen LogP contribution is 2.28. The summed E-state index contributed by atoms with van der Waals surface area (Å²) in [5.74, 6) is -1.19. The zero-order valence-corrected chi connectivity index (χ0v) is 16.5. The third kappa shape index (κ3) is 3.42. The van der Waals surface area contributed by atoms with Gasteiger partial charge in [0.1, 0.15) is 11.9 Å². The number of benzene rings is 1. The lowest BCUT2D eigenvalue weighted by Crippen LogP contribution is -2.56. The lowest BCUT2D eigenvalue weighted by molar-refractivity contribution is -0.0339. The zero-order chi connectivity index (χ0) is 20.1. The van der Waals surface area contributed by atoms with Crippen LogP contribution in [0.2, 0.25) is 0 Å². The van der Waals surface area contributed by atoms with Crippen LogP contribution in [-0.2, 0) is 19.5 Å². The Labute approximate surface area is 162 Å². The van der Waals surface area contributed by atoms with E-state index in [4.69, 9.17) is 9.47 Å². The fourth-order valence-electron chi connectivity index (χ4n) is 3.87. The summed E-state index contributed by atoms with van der Waals surface area (Å²) in [4.78, 5) is 12.9. The summed E-state index contributed by atoms with van der Waals surface area (Å²) in [6, 6.07) is 3.98. The number of rotatable bonds is 4. The molecule has 152 valence electrons. The van der Waals surface area contributed by atoms with Gasteiger partial charge in [0.25, 0.3) is 0 Å². The maximum Gasteiger partial charge on any atom is 0.340 e. The highest BCUT2D eigenvalue weighted by atomic mass is 32.2. The number of hydrogen-bond acceptors (Lipinski definition) is 6. The number of hydrogen-bond donors (Lipinski definition) is 1. The minimum absolute atomic E-state index is 0.0543. The number of halogens is 1. The second-order valence-electron chi connectivity index (χ2n) is 7.69. The molecule has 0 aliphatic carbocycles. The number of fused-ring (bicyclic) bond motifs is 3. The van der Waals surface area contributed by atoms with Crippen LogP contribution in [0.3, 0.4) is 0 Å². The van der Waals surface area contributed by atoms with E-state index in [0.717, 1.165) is 3.97 Å². The van der Waals surface area contributed by atoms with E-state index in [2.05, 4.69) is 5.32 Å². The Morgan fingerprint density at radius 3 is 2.61 bits per heavy atom. The fraction of sp³-hybridized carbons (Fsp3) is 0.526. The molecule has 2 aliphatic rings. The summed E-state index contributed by atoms with van der Waals surface area (Å²) in [6.45, 7) is 4.25. The van der Waals surface area contributed by atoms with Gasteiger partial charge in [-0.25, -0.2) is 21.6 Å². The summed E-state index contributed by atoms with van der Waals surface area (Å²) in [6.07, 6.45) is 2.20. The molecule has 7 nitrogen and oxygen atoms in total. The van der Waals surface area contributed by atoms with E-state index < -0.39 is 27.1 Å². The van der Waals surface area contributed by atoms with Crippen LogP contribution in [-0.4, -0.2) is 55.0 Å². The zero-order valence-electron chi connectivity index (χ0n) is 15.7. The number of nitrogens with one attached hydrogen (secondary N) is 1. The lowest BCUT2D eigenvalue weighted by atomic mass is 9.94. The Morgan fingerprint density at radius 2 is 1.96 bits per heavy atom. The number of esters is 1. The van der Waals surface area contributed by atoms with Crippen LogP contribution in [0.15, 0.2) is 24.4 Å². The van der Waals surface area contributed by atoms with Crippen LogP contribution < -0.4 is 5.32 Å². The molecule has 2 atom stereocenters. The third-order valence-corrected chi connectivity index (χ3v) is 7.34. The molecule has 2 fully saturated rings. The summed E-state index contributed by atoms with van der Waals surface area (Å²) < 4.78 is 51.4. The van der Waals surface area contributed by atoms with E-state index in [1.165, 1.54) is 24.4 Å². The van der Waals surface area contributed by atoms with Crippen molar-refractivity contribution in [2.24, 2.45) is 0 Å². The molecule has 9 heteroatoms. The monoisotopic (exact) mass is 410 g/mol. The molecule has 1 aromatic carbocycles. The summed E-state index contributed by atoms with van der Waals surface area (Å²) in [7, 11) is -3.71. The van der Waals surface area contributed by atoms with Gasteiger partial charge in [0, 0.05) is 36.5 Å². The SMILES string of the molecule is CC(C)S(=O)(=O)n1cc(C(=O)OC2CC3COCC(C2)N3)c2cc(F)ccc21. The van der Waals surface area contributed by atoms with Gasteiger partial charge in [-0.05, 0) is 32.0 Å². The van der Waals surface area contributed by atoms with Gasteiger partial charge in [-0.15, -0.1) is 0 Å². The number of aromatic nitrogens is 1. The van der Waals surface area contributed by atoms with Gasteiger partial charge in [-0.3, -0.25) is 0 Å². The molecule has 2 unspecified atom stereocenters. The Balaban J connectivity index is 1.68. The van der Waals surface area contributed by atoms with Crippen molar-refractivity contribution in [1.29, 1.82) is 0 Å². The molecule has 2 saturated heterocycles. The van der Waals surface area contributed by atoms with Crippen LogP contribution in [0.25, 0.3) is 10.9 Å². The van der Waals surface area contributed by atoms with Gasteiger partial charge in [0.2, 0.25) is 10.0 Å². The Morgan fingerprint density at radius 1 is 1.29 bits per heavy atom. The van der Waals surface area contributed by atoms with Crippen molar-refractivity contribution >= 4 is 26.9 Å². The Bertz CT molecular complexity index is 1000. The van der Waals surface area contributed by atoms with Crippen molar-refractivity contribution in [2.75, 3.05) is 13.2 Å². The molecular formula is C19H23FN2O5S. The van der Waals surface area contributed by atoms with E-state index in [1.807, 2.05) is 0 Å². The van der Waals surface area contributed by atoms with Crippen LogP contribution >= 0.6 is 0 Å². The van der Waals surface area contributed by atoms with Crippen molar-refractivity contribution < 1.29 is 27.1 Å². The molecule has 0 amide bonds. The second kappa shape index (κ2) is 7.13.